The Morgan fingerprint density at radius 3 is 2.54 bits per heavy atom. The molecule has 0 aromatic heterocycles. The minimum Gasteiger partial charge on any atom is -0.463 e. The molecule has 0 aliphatic rings. The summed E-state index contributed by atoms with van der Waals surface area (Å²) in [5, 5.41) is 12.3. The fraction of sp³-hybridized carbons (Fsp3) is 0.263. The predicted molar refractivity (Wildman–Crippen MR) is 103 cm³/mol. The maximum absolute atomic E-state index is 11.5. The largest absolute Gasteiger partial charge is 0.463 e. The van der Waals surface area contributed by atoms with Gasteiger partial charge in [0.15, 0.2) is 5.96 Å². The number of rotatable bonds is 7. The molecular weight excluding hydrogens is 332 g/mol. The molecule has 0 aliphatic heterocycles. The van der Waals surface area contributed by atoms with Crippen molar-refractivity contribution in [3.05, 3.63) is 48.5 Å². The summed E-state index contributed by atoms with van der Waals surface area (Å²) in [4.78, 5) is 15.6. The second kappa shape index (κ2) is 9.43. The molecule has 0 amide bonds. The van der Waals surface area contributed by atoms with Crippen LogP contribution in [0, 0.1) is 0 Å². The number of benzene rings is 2. The van der Waals surface area contributed by atoms with Gasteiger partial charge in [-0.2, -0.15) is 0 Å². The van der Waals surface area contributed by atoms with Gasteiger partial charge in [-0.3, -0.25) is 20.5 Å². The van der Waals surface area contributed by atoms with Crippen LogP contribution in [0.5, 0.6) is 0 Å². The first-order valence-corrected chi connectivity index (χ1v) is 8.35. The van der Waals surface area contributed by atoms with Crippen LogP contribution in [0.3, 0.4) is 0 Å². The lowest BCUT2D eigenvalue weighted by Gasteiger charge is -2.12. The van der Waals surface area contributed by atoms with Gasteiger partial charge < -0.3 is 15.8 Å². The number of nitrogens with one attached hydrogen (secondary N) is 2. The molecule has 5 N–H and O–H groups in total. The molecule has 0 saturated carbocycles. The minimum absolute atomic E-state index is 0.145. The minimum atomic E-state index is -0.318. The maximum atomic E-state index is 11.5. The van der Waals surface area contributed by atoms with Gasteiger partial charge in [0.1, 0.15) is 0 Å². The van der Waals surface area contributed by atoms with Gasteiger partial charge >= 0.3 is 5.97 Å². The zero-order chi connectivity index (χ0) is 18.9. The number of hydrogen-bond donors (Lipinski definition) is 4. The van der Waals surface area contributed by atoms with E-state index < -0.39 is 0 Å². The average Bonchev–Trinajstić information content (AvgIpc) is 2.62. The van der Waals surface area contributed by atoms with E-state index in [0.717, 1.165) is 11.1 Å². The normalized spacial score (nSPS) is 11.3. The molecule has 138 valence electrons. The van der Waals surface area contributed by atoms with Crippen LogP contribution in [0.25, 0.3) is 11.1 Å². The Morgan fingerprint density at radius 1 is 1.15 bits per heavy atom. The molecule has 2 aromatic carbocycles. The van der Waals surface area contributed by atoms with E-state index in [-0.39, 0.29) is 31.0 Å². The van der Waals surface area contributed by atoms with Crippen molar-refractivity contribution in [2.45, 2.75) is 26.4 Å². The zero-order valence-corrected chi connectivity index (χ0v) is 14.9. The molecule has 0 unspecified atom stereocenters. The Labute approximate surface area is 152 Å². The molecular formula is C19H24N4O3. The van der Waals surface area contributed by atoms with Crippen LogP contribution < -0.4 is 16.5 Å². The van der Waals surface area contributed by atoms with E-state index in [1.54, 1.807) is 26.0 Å². The van der Waals surface area contributed by atoms with Gasteiger partial charge in [-0.1, -0.05) is 36.4 Å². The molecule has 0 bridgehead atoms. The van der Waals surface area contributed by atoms with Crippen LogP contribution in [0.1, 0.15) is 20.3 Å². The van der Waals surface area contributed by atoms with Crippen LogP contribution in [0.2, 0.25) is 0 Å². The first kappa shape index (κ1) is 19.3. The standard InChI is InChI=1S/C19H24N4O3/c1-13(2)26-18(24)10-11-21-19(20)22-16-9-8-15(12-17(16)23-25)14-6-4-3-5-7-14/h3-9,12-13,23,25H,10-11H2,1-2H3,(H3,20,21,22). The SMILES string of the molecule is CC(C)OC(=O)CCN=C(N)Nc1ccc(-c2ccccc2)cc1NO. The quantitative estimate of drug-likeness (QED) is 0.262. The van der Waals surface area contributed by atoms with Crippen LogP contribution in [0.15, 0.2) is 53.5 Å². The Hall–Kier alpha value is -3.06. The monoisotopic (exact) mass is 356 g/mol. The molecule has 2 rings (SSSR count). The third-order valence-electron chi connectivity index (χ3n) is 3.48. The van der Waals surface area contributed by atoms with Gasteiger partial charge in [0.2, 0.25) is 0 Å². The summed E-state index contributed by atoms with van der Waals surface area (Å²) in [6, 6.07) is 15.3. The molecule has 0 saturated heterocycles. The number of anilines is 2. The maximum Gasteiger partial charge on any atom is 0.307 e. The van der Waals surface area contributed by atoms with Crippen LogP contribution in [0.4, 0.5) is 11.4 Å². The smallest absolute Gasteiger partial charge is 0.307 e. The number of nitrogens with two attached hydrogens (primary N) is 1. The highest BCUT2D eigenvalue weighted by Crippen LogP contribution is 2.28. The highest BCUT2D eigenvalue weighted by atomic mass is 16.5. The van der Waals surface area contributed by atoms with Crippen molar-refractivity contribution < 1.29 is 14.7 Å². The second-order valence-corrected chi connectivity index (χ2v) is 5.92. The third kappa shape index (κ3) is 5.78. The van der Waals surface area contributed by atoms with Gasteiger partial charge in [-0.15, -0.1) is 0 Å². The van der Waals surface area contributed by atoms with Crippen molar-refractivity contribution >= 4 is 23.3 Å². The van der Waals surface area contributed by atoms with Crippen LogP contribution >= 0.6 is 0 Å². The molecule has 0 aliphatic carbocycles. The van der Waals surface area contributed by atoms with E-state index >= 15 is 0 Å². The van der Waals surface area contributed by atoms with E-state index in [9.17, 15) is 10.0 Å². The molecule has 0 spiro atoms. The Balaban J connectivity index is 2.02. The van der Waals surface area contributed by atoms with Gasteiger partial charge in [0, 0.05) is 0 Å². The summed E-state index contributed by atoms with van der Waals surface area (Å²) in [6.45, 7) is 3.80. The first-order valence-electron chi connectivity index (χ1n) is 8.35. The number of aliphatic imine (C=N–C) groups is 1. The van der Waals surface area contributed by atoms with Crippen LogP contribution in [-0.4, -0.2) is 29.8 Å². The molecule has 0 heterocycles. The van der Waals surface area contributed by atoms with Crippen molar-refractivity contribution in [2.75, 3.05) is 17.3 Å². The lowest BCUT2D eigenvalue weighted by atomic mass is 10.0. The zero-order valence-electron chi connectivity index (χ0n) is 14.9. The molecule has 0 atom stereocenters. The summed E-state index contributed by atoms with van der Waals surface area (Å²) in [5.74, 6) is -0.173. The number of hydrogen-bond acceptors (Lipinski definition) is 5. The first-order chi connectivity index (χ1) is 12.5. The van der Waals surface area contributed by atoms with Gasteiger partial charge in [-0.05, 0) is 37.1 Å². The third-order valence-corrected chi connectivity index (χ3v) is 3.48. The van der Waals surface area contributed by atoms with Crippen molar-refractivity contribution in [1.29, 1.82) is 0 Å². The highest BCUT2D eigenvalue weighted by Gasteiger charge is 2.07. The van der Waals surface area contributed by atoms with E-state index in [1.165, 1.54) is 0 Å². The number of ether oxygens (including phenoxy) is 1. The summed E-state index contributed by atoms with van der Waals surface area (Å²) in [7, 11) is 0. The molecule has 7 heteroatoms. The Morgan fingerprint density at radius 2 is 1.88 bits per heavy atom. The van der Waals surface area contributed by atoms with E-state index in [2.05, 4.69) is 15.8 Å². The second-order valence-electron chi connectivity index (χ2n) is 5.92. The molecule has 7 nitrogen and oxygen atoms in total. The molecule has 0 radical (unpaired) electrons. The van der Waals surface area contributed by atoms with Gasteiger partial charge in [-0.25, -0.2) is 0 Å². The van der Waals surface area contributed by atoms with Crippen molar-refractivity contribution in [3.63, 3.8) is 0 Å². The summed E-state index contributed by atoms with van der Waals surface area (Å²) in [5.41, 5.74) is 11.0. The molecule has 26 heavy (non-hydrogen) atoms. The number of nitrogens with zero attached hydrogens (tertiary/aromatic N) is 1. The van der Waals surface area contributed by atoms with Gasteiger partial charge in [0.25, 0.3) is 0 Å². The Bertz CT molecular complexity index is 761. The number of esters is 1. The lowest BCUT2D eigenvalue weighted by molar-refractivity contribution is -0.147. The predicted octanol–water partition coefficient (Wildman–Crippen LogP) is 3.22. The highest BCUT2D eigenvalue weighted by molar-refractivity contribution is 5.96. The Kier molecular flexibility index (Phi) is 6.99. The number of guanidine groups is 1. The summed E-state index contributed by atoms with van der Waals surface area (Å²) in [6.07, 6.45) is 0.00165. The van der Waals surface area contributed by atoms with Crippen molar-refractivity contribution in [2.24, 2.45) is 10.7 Å². The summed E-state index contributed by atoms with van der Waals surface area (Å²) < 4.78 is 5.03. The van der Waals surface area contributed by atoms with Crippen molar-refractivity contribution in [1.82, 2.24) is 0 Å². The van der Waals surface area contributed by atoms with E-state index in [0.29, 0.717) is 11.4 Å². The fourth-order valence-electron chi connectivity index (χ4n) is 2.32. The van der Waals surface area contributed by atoms with Crippen LogP contribution in [-0.2, 0) is 9.53 Å². The fourth-order valence-corrected chi connectivity index (χ4v) is 2.32. The molecule has 0 fully saturated rings. The number of carbonyl (C=O) groups excluding carboxylic acids is 1. The van der Waals surface area contributed by atoms with Gasteiger partial charge in [0.05, 0.1) is 30.4 Å². The van der Waals surface area contributed by atoms with E-state index in [4.69, 9.17) is 10.5 Å². The summed E-state index contributed by atoms with van der Waals surface area (Å²) >= 11 is 0. The lowest BCUT2D eigenvalue weighted by Crippen LogP contribution is -2.24. The van der Waals surface area contributed by atoms with E-state index in [1.807, 2.05) is 36.4 Å². The van der Waals surface area contributed by atoms with Crippen molar-refractivity contribution in [3.8, 4) is 11.1 Å². The topological polar surface area (TPSA) is 109 Å². The molecule has 2 aromatic rings. The number of carbonyl (C=O) groups is 1. The average molecular weight is 356 g/mol.